The van der Waals surface area contributed by atoms with Crippen LogP contribution in [0.4, 0.5) is 4.79 Å². The van der Waals surface area contributed by atoms with Gasteiger partial charge in [0.2, 0.25) is 0 Å². The molecule has 8 nitrogen and oxygen atoms in total. The first-order chi connectivity index (χ1) is 12.7. The van der Waals surface area contributed by atoms with Gasteiger partial charge in [-0.3, -0.25) is 19.3 Å². The van der Waals surface area contributed by atoms with Gasteiger partial charge in [0.05, 0.1) is 0 Å². The van der Waals surface area contributed by atoms with Gasteiger partial charge in [0.15, 0.2) is 6.61 Å². The first-order valence-electron chi connectivity index (χ1n) is 8.87. The van der Waals surface area contributed by atoms with Crippen molar-refractivity contribution in [3.05, 3.63) is 35.4 Å². The number of hydrogen-bond acceptors (Lipinski definition) is 5. The van der Waals surface area contributed by atoms with Crippen LogP contribution in [0.5, 0.6) is 0 Å². The Morgan fingerprint density at radius 2 is 1.74 bits per heavy atom. The van der Waals surface area contributed by atoms with Gasteiger partial charge in [-0.15, -0.1) is 0 Å². The SMILES string of the molecule is CCN(CC)C(=O)COC(=O)CN1C(=O)N[C@](C)(c2ccc(C)cc2)C1=O. The number of urea groups is 1. The molecule has 146 valence electrons. The second-order valence-corrected chi connectivity index (χ2v) is 6.54. The molecule has 1 aliphatic heterocycles. The third kappa shape index (κ3) is 4.27. The number of imide groups is 1. The van der Waals surface area contributed by atoms with E-state index in [0.717, 1.165) is 10.5 Å². The number of rotatable bonds is 7. The number of amides is 4. The fourth-order valence-corrected chi connectivity index (χ4v) is 2.91. The topological polar surface area (TPSA) is 96.0 Å². The molecule has 0 spiro atoms. The second kappa shape index (κ2) is 8.20. The van der Waals surface area contributed by atoms with Crippen LogP contribution in [0.1, 0.15) is 31.9 Å². The first-order valence-corrected chi connectivity index (χ1v) is 8.87. The third-order valence-corrected chi connectivity index (χ3v) is 4.66. The van der Waals surface area contributed by atoms with Gasteiger partial charge in [-0.2, -0.15) is 0 Å². The van der Waals surface area contributed by atoms with E-state index in [0.29, 0.717) is 18.7 Å². The summed E-state index contributed by atoms with van der Waals surface area (Å²) in [7, 11) is 0. The number of carbonyl (C=O) groups excluding carboxylic acids is 4. The minimum atomic E-state index is -1.25. The average Bonchev–Trinajstić information content (AvgIpc) is 2.85. The molecule has 0 saturated carbocycles. The summed E-state index contributed by atoms with van der Waals surface area (Å²) >= 11 is 0. The lowest BCUT2D eigenvalue weighted by molar-refractivity contribution is -0.153. The lowest BCUT2D eigenvalue weighted by atomic mass is 9.91. The minimum absolute atomic E-state index is 0.324. The molecule has 1 saturated heterocycles. The van der Waals surface area contributed by atoms with Gasteiger partial charge in [0, 0.05) is 13.1 Å². The largest absolute Gasteiger partial charge is 0.454 e. The van der Waals surface area contributed by atoms with Gasteiger partial charge in [0.25, 0.3) is 11.8 Å². The van der Waals surface area contributed by atoms with E-state index in [1.54, 1.807) is 19.1 Å². The van der Waals surface area contributed by atoms with Crippen LogP contribution < -0.4 is 5.32 Å². The quantitative estimate of drug-likeness (QED) is 0.570. The summed E-state index contributed by atoms with van der Waals surface area (Å²) in [5.74, 6) is -1.68. The summed E-state index contributed by atoms with van der Waals surface area (Å²) in [5, 5.41) is 2.63. The summed E-state index contributed by atoms with van der Waals surface area (Å²) in [4.78, 5) is 51.2. The summed E-state index contributed by atoms with van der Waals surface area (Å²) in [6.45, 7) is 7.21. The van der Waals surface area contributed by atoms with Crippen molar-refractivity contribution < 1.29 is 23.9 Å². The van der Waals surface area contributed by atoms with E-state index in [2.05, 4.69) is 5.32 Å². The van der Waals surface area contributed by atoms with Crippen molar-refractivity contribution in [1.29, 1.82) is 0 Å². The van der Waals surface area contributed by atoms with Gasteiger partial charge in [-0.1, -0.05) is 29.8 Å². The number of ether oxygens (including phenoxy) is 1. The highest BCUT2D eigenvalue weighted by molar-refractivity contribution is 6.08. The number of esters is 1. The van der Waals surface area contributed by atoms with Crippen LogP contribution in [0.25, 0.3) is 0 Å². The predicted octanol–water partition coefficient (Wildman–Crippen LogP) is 1.17. The van der Waals surface area contributed by atoms with Crippen molar-refractivity contribution in [2.45, 2.75) is 33.2 Å². The fourth-order valence-electron chi connectivity index (χ4n) is 2.91. The average molecular weight is 375 g/mol. The molecule has 0 unspecified atom stereocenters. The molecule has 27 heavy (non-hydrogen) atoms. The maximum Gasteiger partial charge on any atom is 0.326 e. The molecule has 1 atom stereocenters. The maximum atomic E-state index is 12.8. The summed E-state index contributed by atoms with van der Waals surface area (Å²) < 4.78 is 4.93. The zero-order chi connectivity index (χ0) is 20.2. The molecular formula is C19H25N3O5. The predicted molar refractivity (Wildman–Crippen MR) is 97.7 cm³/mol. The number of likely N-dealkylation sites (N-methyl/N-ethyl adjacent to an activating group) is 1. The van der Waals surface area contributed by atoms with Crippen LogP contribution in [0.3, 0.4) is 0 Å². The van der Waals surface area contributed by atoms with Crippen molar-refractivity contribution in [2.24, 2.45) is 0 Å². The number of carbonyl (C=O) groups is 4. The van der Waals surface area contributed by atoms with Crippen molar-refractivity contribution >= 4 is 23.8 Å². The third-order valence-electron chi connectivity index (χ3n) is 4.66. The Kier molecular flexibility index (Phi) is 6.20. The van der Waals surface area contributed by atoms with Crippen LogP contribution in [0.2, 0.25) is 0 Å². The van der Waals surface area contributed by atoms with E-state index in [1.807, 2.05) is 32.9 Å². The Labute approximate surface area is 158 Å². The molecule has 1 aromatic rings. The highest BCUT2D eigenvalue weighted by Crippen LogP contribution is 2.28. The van der Waals surface area contributed by atoms with E-state index in [9.17, 15) is 19.2 Å². The number of nitrogens with one attached hydrogen (secondary N) is 1. The van der Waals surface area contributed by atoms with Gasteiger partial charge < -0.3 is 15.0 Å². The van der Waals surface area contributed by atoms with Crippen molar-refractivity contribution in [2.75, 3.05) is 26.2 Å². The molecule has 0 bridgehead atoms. The van der Waals surface area contributed by atoms with Gasteiger partial charge in [-0.25, -0.2) is 4.79 Å². The number of benzene rings is 1. The highest BCUT2D eigenvalue weighted by Gasteiger charge is 2.49. The Hall–Kier alpha value is -2.90. The van der Waals surface area contributed by atoms with Crippen LogP contribution in [-0.4, -0.2) is 59.9 Å². The lowest BCUT2D eigenvalue weighted by Gasteiger charge is -2.22. The van der Waals surface area contributed by atoms with Crippen LogP contribution in [-0.2, 0) is 24.7 Å². The van der Waals surface area contributed by atoms with E-state index in [1.165, 1.54) is 4.90 Å². The lowest BCUT2D eigenvalue weighted by Crippen LogP contribution is -2.42. The van der Waals surface area contributed by atoms with E-state index in [-0.39, 0.29) is 5.91 Å². The second-order valence-electron chi connectivity index (χ2n) is 6.54. The molecule has 1 heterocycles. The fraction of sp³-hybridized carbons (Fsp3) is 0.474. The maximum absolute atomic E-state index is 12.8. The highest BCUT2D eigenvalue weighted by atomic mass is 16.5. The first kappa shape index (κ1) is 20.4. The van der Waals surface area contributed by atoms with Crippen molar-refractivity contribution in [1.82, 2.24) is 15.1 Å². The van der Waals surface area contributed by atoms with Crippen LogP contribution in [0.15, 0.2) is 24.3 Å². The van der Waals surface area contributed by atoms with Crippen LogP contribution >= 0.6 is 0 Å². The normalized spacial score (nSPS) is 19.0. The van der Waals surface area contributed by atoms with Crippen molar-refractivity contribution in [3.8, 4) is 0 Å². The number of nitrogens with zero attached hydrogens (tertiary/aromatic N) is 2. The van der Waals surface area contributed by atoms with E-state index < -0.39 is 36.6 Å². The molecule has 4 amide bonds. The number of aryl methyl sites for hydroxylation is 1. The molecule has 2 rings (SSSR count). The van der Waals surface area contributed by atoms with E-state index in [4.69, 9.17) is 4.74 Å². The van der Waals surface area contributed by atoms with Gasteiger partial charge >= 0.3 is 12.0 Å². The Morgan fingerprint density at radius 3 is 2.30 bits per heavy atom. The Bertz CT molecular complexity index is 742. The zero-order valence-electron chi connectivity index (χ0n) is 16.1. The summed E-state index contributed by atoms with van der Waals surface area (Å²) in [6, 6.07) is 6.54. The van der Waals surface area contributed by atoms with E-state index >= 15 is 0 Å². The van der Waals surface area contributed by atoms with Gasteiger partial charge in [0.1, 0.15) is 12.1 Å². The monoisotopic (exact) mass is 375 g/mol. The number of hydrogen-bond donors (Lipinski definition) is 1. The molecule has 0 radical (unpaired) electrons. The molecule has 1 fully saturated rings. The Morgan fingerprint density at radius 1 is 1.15 bits per heavy atom. The molecule has 0 aromatic heterocycles. The molecule has 1 N–H and O–H groups in total. The standard InChI is InChI=1S/C19H25N3O5/c1-5-21(6-2)15(23)12-27-16(24)11-22-17(25)19(4,20-18(22)26)14-9-7-13(3)8-10-14/h7-10H,5-6,11-12H2,1-4H3,(H,20,26)/t19-/m1/s1. The van der Waals surface area contributed by atoms with Gasteiger partial charge in [-0.05, 0) is 33.3 Å². The molecule has 1 aliphatic rings. The Balaban J connectivity index is 2.02. The molecular weight excluding hydrogens is 350 g/mol. The van der Waals surface area contributed by atoms with Crippen molar-refractivity contribution in [3.63, 3.8) is 0 Å². The molecule has 0 aliphatic carbocycles. The molecule has 8 heteroatoms. The minimum Gasteiger partial charge on any atom is -0.454 e. The molecule has 1 aromatic carbocycles. The summed E-state index contributed by atoms with van der Waals surface area (Å²) in [5.41, 5.74) is 0.402. The summed E-state index contributed by atoms with van der Waals surface area (Å²) in [6.07, 6.45) is 0. The smallest absolute Gasteiger partial charge is 0.326 e. The zero-order valence-corrected chi connectivity index (χ0v) is 16.1. The van der Waals surface area contributed by atoms with Crippen LogP contribution in [0, 0.1) is 6.92 Å².